The van der Waals surface area contributed by atoms with Crippen LogP contribution in [0, 0.1) is 12.8 Å². The summed E-state index contributed by atoms with van der Waals surface area (Å²) in [6.07, 6.45) is 5.78. The summed E-state index contributed by atoms with van der Waals surface area (Å²) in [4.78, 5) is 31.8. The second kappa shape index (κ2) is 9.08. The Hall–Kier alpha value is -3.21. The lowest BCUT2D eigenvalue weighted by molar-refractivity contribution is -0.132. The SMILES string of the molecule is Cc1nccn1CCC(=O)N1CCC[C@H](C(=O)c2ccc(-c3ccccc3)cc2)C1. The minimum absolute atomic E-state index is 0.111. The molecule has 3 aromatic rings. The Morgan fingerprint density at radius 2 is 1.77 bits per heavy atom. The number of piperidine rings is 1. The Morgan fingerprint density at radius 3 is 2.47 bits per heavy atom. The highest BCUT2D eigenvalue weighted by Crippen LogP contribution is 2.24. The monoisotopic (exact) mass is 401 g/mol. The highest BCUT2D eigenvalue weighted by Gasteiger charge is 2.28. The summed E-state index contributed by atoms with van der Waals surface area (Å²) in [6.45, 7) is 3.81. The van der Waals surface area contributed by atoms with Crippen molar-refractivity contribution in [2.45, 2.75) is 32.7 Å². The quantitative estimate of drug-likeness (QED) is 0.577. The largest absolute Gasteiger partial charge is 0.342 e. The van der Waals surface area contributed by atoms with Crippen LogP contribution < -0.4 is 0 Å². The fourth-order valence-corrected chi connectivity index (χ4v) is 4.13. The summed E-state index contributed by atoms with van der Waals surface area (Å²) in [6, 6.07) is 18.0. The molecule has 4 rings (SSSR count). The molecule has 0 N–H and O–H groups in total. The first-order valence-corrected chi connectivity index (χ1v) is 10.6. The van der Waals surface area contributed by atoms with Crippen LogP contribution in [0.15, 0.2) is 67.0 Å². The van der Waals surface area contributed by atoms with Gasteiger partial charge in [-0.3, -0.25) is 9.59 Å². The number of likely N-dealkylation sites (tertiary alicyclic amines) is 1. The molecule has 1 aromatic heterocycles. The van der Waals surface area contributed by atoms with Gasteiger partial charge in [-0.2, -0.15) is 0 Å². The molecule has 2 heterocycles. The van der Waals surface area contributed by atoms with Gasteiger partial charge in [-0.05, 0) is 30.9 Å². The van der Waals surface area contributed by atoms with Crippen LogP contribution in [0.5, 0.6) is 0 Å². The second-order valence-electron chi connectivity index (χ2n) is 7.90. The number of hydrogen-bond donors (Lipinski definition) is 0. The number of imidazole rings is 1. The van der Waals surface area contributed by atoms with Gasteiger partial charge >= 0.3 is 0 Å². The minimum Gasteiger partial charge on any atom is -0.342 e. The topological polar surface area (TPSA) is 55.2 Å². The van der Waals surface area contributed by atoms with Crippen LogP contribution >= 0.6 is 0 Å². The van der Waals surface area contributed by atoms with Gasteiger partial charge in [-0.1, -0.05) is 54.6 Å². The summed E-state index contributed by atoms with van der Waals surface area (Å²) in [7, 11) is 0. The number of Topliss-reactive ketones (excluding diaryl/α,β-unsaturated/α-hetero) is 1. The normalized spacial score (nSPS) is 16.4. The van der Waals surface area contributed by atoms with Crippen molar-refractivity contribution in [2.75, 3.05) is 13.1 Å². The van der Waals surface area contributed by atoms with E-state index in [0.717, 1.165) is 41.9 Å². The first-order valence-electron chi connectivity index (χ1n) is 10.6. The van der Waals surface area contributed by atoms with E-state index in [1.807, 2.05) is 65.1 Å². The number of hydrogen-bond acceptors (Lipinski definition) is 3. The van der Waals surface area contributed by atoms with Crippen LogP contribution in [0.1, 0.15) is 35.4 Å². The van der Waals surface area contributed by atoms with E-state index in [1.54, 1.807) is 6.20 Å². The number of benzene rings is 2. The van der Waals surface area contributed by atoms with Gasteiger partial charge in [0, 0.05) is 49.9 Å². The molecule has 0 radical (unpaired) electrons. The first-order chi connectivity index (χ1) is 14.6. The summed E-state index contributed by atoms with van der Waals surface area (Å²) in [5, 5.41) is 0. The smallest absolute Gasteiger partial charge is 0.224 e. The molecular formula is C25H27N3O2. The third-order valence-electron chi connectivity index (χ3n) is 5.91. The maximum absolute atomic E-state index is 13.1. The summed E-state index contributed by atoms with van der Waals surface area (Å²) < 4.78 is 1.98. The van der Waals surface area contributed by atoms with Crippen LogP contribution in [-0.2, 0) is 11.3 Å². The van der Waals surface area contributed by atoms with Crippen LogP contribution in [0.3, 0.4) is 0 Å². The van der Waals surface area contributed by atoms with Gasteiger partial charge in [-0.15, -0.1) is 0 Å². The van der Waals surface area contributed by atoms with Crippen molar-refractivity contribution in [3.8, 4) is 11.1 Å². The number of carbonyl (C=O) groups is 2. The summed E-state index contributed by atoms with van der Waals surface area (Å²) in [5.41, 5.74) is 2.96. The molecule has 0 spiro atoms. The van der Waals surface area contributed by atoms with E-state index in [9.17, 15) is 9.59 Å². The number of aromatic nitrogens is 2. The number of amides is 1. The minimum atomic E-state index is -0.125. The molecule has 1 amide bonds. The number of rotatable bonds is 6. The zero-order chi connectivity index (χ0) is 20.9. The van der Waals surface area contributed by atoms with Gasteiger partial charge in [0.05, 0.1) is 0 Å². The molecule has 154 valence electrons. The van der Waals surface area contributed by atoms with Crippen molar-refractivity contribution < 1.29 is 9.59 Å². The maximum atomic E-state index is 13.1. The van der Waals surface area contributed by atoms with E-state index in [-0.39, 0.29) is 17.6 Å². The first kappa shape index (κ1) is 20.1. The lowest BCUT2D eigenvalue weighted by Crippen LogP contribution is -2.42. The molecule has 5 nitrogen and oxygen atoms in total. The predicted molar refractivity (Wildman–Crippen MR) is 117 cm³/mol. The van der Waals surface area contributed by atoms with Gasteiger partial charge in [0.2, 0.25) is 5.91 Å². The van der Waals surface area contributed by atoms with Crippen molar-refractivity contribution in [1.29, 1.82) is 0 Å². The van der Waals surface area contributed by atoms with Crippen molar-refractivity contribution in [1.82, 2.24) is 14.5 Å². The molecular weight excluding hydrogens is 374 g/mol. The van der Waals surface area contributed by atoms with Crippen LogP contribution in [0.25, 0.3) is 11.1 Å². The molecule has 1 aliphatic heterocycles. The zero-order valence-electron chi connectivity index (χ0n) is 17.3. The van der Waals surface area contributed by atoms with E-state index in [4.69, 9.17) is 0 Å². The van der Waals surface area contributed by atoms with Crippen LogP contribution in [0.4, 0.5) is 0 Å². The lowest BCUT2D eigenvalue weighted by atomic mass is 9.89. The average Bonchev–Trinajstić information content (AvgIpc) is 3.22. The Balaban J connectivity index is 1.37. The highest BCUT2D eigenvalue weighted by atomic mass is 16.2. The van der Waals surface area contributed by atoms with Gasteiger partial charge in [0.15, 0.2) is 5.78 Å². The molecule has 0 saturated carbocycles. The zero-order valence-corrected chi connectivity index (χ0v) is 17.3. The number of nitrogens with zero attached hydrogens (tertiary/aromatic N) is 3. The fourth-order valence-electron chi connectivity index (χ4n) is 4.13. The third-order valence-corrected chi connectivity index (χ3v) is 5.91. The van der Waals surface area contributed by atoms with Crippen molar-refractivity contribution in [3.05, 3.63) is 78.4 Å². The van der Waals surface area contributed by atoms with Crippen molar-refractivity contribution >= 4 is 11.7 Å². The molecule has 2 aromatic carbocycles. The fraction of sp³-hybridized carbons (Fsp3) is 0.320. The molecule has 30 heavy (non-hydrogen) atoms. The number of carbonyl (C=O) groups excluding carboxylic acids is 2. The molecule has 5 heteroatoms. The molecule has 1 saturated heterocycles. The van der Waals surface area contributed by atoms with Gasteiger partial charge in [-0.25, -0.2) is 4.98 Å². The third kappa shape index (κ3) is 4.51. The second-order valence-corrected chi connectivity index (χ2v) is 7.90. The maximum Gasteiger partial charge on any atom is 0.224 e. The number of aryl methyl sites for hydroxylation is 2. The van der Waals surface area contributed by atoms with E-state index >= 15 is 0 Å². The standard InChI is InChI=1S/C25H27N3O2/c1-19-26-14-17-27(19)16-13-24(29)28-15-5-8-23(18-28)25(30)22-11-9-21(10-12-22)20-6-3-2-4-7-20/h2-4,6-7,9-12,14,17,23H,5,8,13,15-16,18H2,1H3/t23-/m0/s1. The summed E-state index contributed by atoms with van der Waals surface area (Å²) in [5.74, 6) is 1.03. The van der Waals surface area contributed by atoms with Crippen LogP contribution in [-0.4, -0.2) is 39.2 Å². The van der Waals surface area contributed by atoms with E-state index in [2.05, 4.69) is 17.1 Å². The average molecular weight is 402 g/mol. The van der Waals surface area contributed by atoms with Crippen LogP contribution in [0.2, 0.25) is 0 Å². The van der Waals surface area contributed by atoms with E-state index in [0.29, 0.717) is 19.5 Å². The Bertz CT molecular complexity index is 1010. The molecule has 1 fully saturated rings. The highest BCUT2D eigenvalue weighted by molar-refractivity contribution is 5.98. The lowest BCUT2D eigenvalue weighted by Gasteiger charge is -2.32. The molecule has 1 aliphatic rings. The summed E-state index contributed by atoms with van der Waals surface area (Å²) >= 11 is 0. The van der Waals surface area contributed by atoms with Gasteiger partial charge in [0.1, 0.15) is 5.82 Å². The number of ketones is 1. The van der Waals surface area contributed by atoms with Crippen molar-refractivity contribution in [3.63, 3.8) is 0 Å². The van der Waals surface area contributed by atoms with Crippen molar-refractivity contribution in [2.24, 2.45) is 5.92 Å². The molecule has 0 unspecified atom stereocenters. The van der Waals surface area contributed by atoms with Gasteiger partial charge in [0.25, 0.3) is 0 Å². The van der Waals surface area contributed by atoms with Gasteiger partial charge < -0.3 is 9.47 Å². The Labute approximate surface area is 177 Å². The Kier molecular flexibility index (Phi) is 6.07. The van der Waals surface area contributed by atoms with E-state index < -0.39 is 0 Å². The predicted octanol–water partition coefficient (Wildman–Crippen LogP) is 4.37. The molecule has 0 bridgehead atoms. The van der Waals surface area contributed by atoms with E-state index in [1.165, 1.54) is 0 Å². The molecule has 1 atom stereocenters. The molecule has 0 aliphatic carbocycles. The Morgan fingerprint density at radius 1 is 1.03 bits per heavy atom.